The van der Waals surface area contributed by atoms with Crippen molar-refractivity contribution < 1.29 is 9.84 Å². The van der Waals surface area contributed by atoms with Crippen molar-refractivity contribution in [2.45, 2.75) is 25.9 Å². The van der Waals surface area contributed by atoms with Crippen molar-refractivity contribution in [3.05, 3.63) is 70.8 Å². The van der Waals surface area contributed by atoms with Gasteiger partial charge in [-0.3, -0.25) is 0 Å². The van der Waals surface area contributed by atoms with Crippen LogP contribution in [0.15, 0.2) is 48.5 Å². The SMILES string of the molecule is COCC(O)(Cc1cc(C)cc(C)c1)c1ccccc1. The molecule has 2 rings (SSSR count). The fourth-order valence-corrected chi connectivity index (χ4v) is 2.73. The smallest absolute Gasteiger partial charge is 0.117 e. The molecular formula is C18H22O2. The minimum Gasteiger partial charge on any atom is -0.382 e. The Balaban J connectivity index is 2.34. The molecule has 0 spiro atoms. The number of rotatable bonds is 5. The molecule has 0 aromatic heterocycles. The van der Waals surface area contributed by atoms with Gasteiger partial charge >= 0.3 is 0 Å². The summed E-state index contributed by atoms with van der Waals surface area (Å²) < 4.78 is 5.24. The summed E-state index contributed by atoms with van der Waals surface area (Å²) in [5.41, 5.74) is 3.46. The molecular weight excluding hydrogens is 248 g/mol. The van der Waals surface area contributed by atoms with E-state index in [1.165, 1.54) is 11.1 Å². The van der Waals surface area contributed by atoms with Gasteiger partial charge in [0.2, 0.25) is 0 Å². The molecule has 0 amide bonds. The molecule has 106 valence electrons. The number of methoxy groups -OCH3 is 1. The quantitative estimate of drug-likeness (QED) is 0.902. The summed E-state index contributed by atoms with van der Waals surface area (Å²) in [6, 6.07) is 16.1. The van der Waals surface area contributed by atoms with Crippen molar-refractivity contribution in [1.82, 2.24) is 0 Å². The Morgan fingerprint density at radius 2 is 1.60 bits per heavy atom. The number of hydrogen-bond donors (Lipinski definition) is 1. The Bertz CT molecular complexity index is 543. The van der Waals surface area contributed by atoms with Gasteiger partial charge in [0, 0.05) is 13.5 Å². The van der Waals surface area contributed by atoms with Gasteiger partial charge in [-0.1, -0.05) is 59.7 Å². The largest absolute Gasteiger partial charge is 0.382 e. The lowest BCUT2D eigenvalue weighted by atomic mass is 9.87. The van der Waals surface area contributed by atoms with Crippen LogP contribution in [0.1, 0.15) is 22.3 Å². The third-order valence-corrected chi connectivity index (χ3v) is 3.47. The van der Waals surface area contributed by atoms with Gasteiger partial charge in [-0.05, 0) is 25.0 Å². The number of aliphatic hydroxyl groups is 1. The molecule has 0 aliphatic heterocycles. The molecule has 0 saturated heterocycles. The molecule has 2 heteroatoms. The topological polar surface area (TPSA) is 29.5 Å². The van der Waals surface area contributed by atoms with Gasteiger partial charge in [0.1, 0.15) is 5.60 Å². The predicted molar refractivity (Wildman–Crippen MR) is 81.8 cm³/mol. The Morgan fingerprint density at radius 3 is 2.15 bits per heavy atom. The minimum atomic E-state index is -0.990. The third kappa shape index (κ3) is 3.47. The zero-order valence-corrected chi connectivity index (χ0v) is 12.4. The highest BCUT2D eigenvalue weighted by Gasteiger charge is 2.29. The molecule has 0 aliphatic carbocycles. The van der Waals surface area contributed by atoms with Gasteiger partial charge in [0.25, 0.3) is 0 Å². The summed E-state index contributed by atoms with van der Waals surface area (Å²) in [6.45, 7) is 4.44. The van der Waals surface area contributed by atoms with Crippen molar-refractivity contribution in [2.75, 3.05) is 13.7 Å². The van der Waals surface area contributed by atoms with Crippen LogP contribution in [0.25, 0.3) is 0 Å². The van der Waals surface area contributed by atoms with Crippen LogP contribution in [0.5, 0.6) is 0 Å². The molecule has 2 nitrogen and oxygen atoms in total. The van der Waals surface area contributed by atoms with Gasteiger partial charge in [-0.2, -0.15) is 0 Å². The molecule has 1 atom stereocenters. The van der Waals surface area contributed by atoms with Crippen LogP contribution in [0, 0.1) is 13.8 Å². The maximum atomic E-state index is 11.0. The lowest BCUT2D eigenvalue weighted by Gasteiger charge is -2.28. The first-order valence-corrected chi connectivity index (χ1v) is 6.87. The van der Waals surface area contributed by atoms with Gasteiger partial charge in [-0.25, -0.2) is 0 Å². The molecule has 1 unspecified atom stereocenters. The zero-order chi connectivity index (χ0) is 14.6. The van der Waals surface area contributed by atoms with E-state index in [2.05, 4.69) is 32.0 Å². The summed E-state index contributed by atoms with van der Waals surface area (Å²) in [6.07, 6.45) is 0.549. The molecule has 0 fully saturated rings. The van der Waals surface area contributed by atoms with Gasteiger partial charge in [0.15, 0.2) is 0 Å². The van der Waals surface area contributed by atoms with E-state index >= 15 is 0 Å². The highest BCUT2D eigenvalue weighted by Crippen LogP contribution is 2.27. The summed E-state index contributed by atoms with van der Waals surface area (Å²) >= 11 is 0. The molecule has 1 N–H and O–H groups in total. The second kappa shape index (κ2) is 6.21. The Hall–Kier alpha value is -1.64. The molecule has 0 radical (unpaired) electrons. The fraction of sp³-hybridized carbons (Fsp3) is 0.333. The van der Waals surface area contributed by atoms with Gasteiger partial charge in [-0.15, -0.1) is 0 Å². The number of ether oxygens (including phenoxy) is 1. The van der Waals surface area contributed by atoms with Crippen molar-refractivity contribution in [3.8, 4) is 0 Å². The van der Waals surface area contributed by atoms with Crippen molar-refractivity contribution in [3.63, 3.8) is 0 Å². The number of aryl methyl sites for hydroxylation is 2. The average molecular weight is 270 g/mol. The van der Waals surface area contributed by atoms with Gasteiger partial charge in [0.05, 0.1) is 6.61 Å². The van der Waals surface area contributed by atoms with Crippen molar-refractivity contribution in [1.29, 1.82) is 0 Å². The second-order valence-electron chi connectivity index (χ2n) is 5.50. The van der Waals surface area contributed by atoms with E-state index in [0.29, 0.717) is 6.42 Å². The maximum Gasteiger partial charge on any atom is 0.117 e. The van der Waals surface area contributed by atoms with Crippen LogP contribution in [0.4, 0.5) is 0 Å². The van der Waals surface area contributed by atoms with Crippen LogP contribution >= 0.6 is 0 Å². The zero-order valence-electron chi connectivity index (χ0n) is 12.4. The van der Waals surface area contributed by atoms with Gasteiger partial charge < -0.3 is 9.84 Å². The standard InChI is InChI=1S/C18H22O2/c1-14-9-15(2)11-16(10-14)12-18(19,13-20-3)17-7-5-4-6-8-17/h4-11,19H,12-13H2,1-3H3. The first-order chi connectivity index (χ1) is 9.53. The lowest BCUT2D eigenvalue weighted by molar-refractivity contribution is -0.0355. The first kappa shape index (κ1) is 14.8. The Kier molecular flexibility index (Phi) is 4.58. The first-order valence-electron chi connectivity index (χ1n) is 6.87. The molecule has 2 aromatic carbocycles. The van der Waals surface area contributed by atoms with Crippen LogP contribution in [0.2, 0.25) is 0 Å². The molecule has 2 aromatic rings. The Morgan fingerprint density at radius 1 is 1.00 bits per heavy atom. The van der Waals surface area contributed by atoms with E-state index in [9.17, 15) is 5.11 Å². The Labute approximate surface area is 121 Å². The summed E-state index contributed by atoms with van der Waals surface area (Å²) in [5, 5.41) is 11.0. The van der Waals surface area contributed by atoms with Crippen LogP contribution in [0.3, 0.4) is 0 Å². The third-order valence-electron chi connectivity index (χ3n) is 3.47. The average Bonchev–Trinajstić information content (AvgIpc) is 2.38. The molecule has 0 saturated carbocycles. The molecule has 0 heterocycles. The van der Waals surface area contributed by atoms with E-state index in [1.807, 2.05) is 30.3 Å². The van der Waals surface area contributed by atoms with E-state index < -0.39 is 5.60 Å². The summed E-state index contributed by atoms with van der Waals surface area (Å²) in [7, 11) is 1.62. The normalized spacial score (nSPS) is 14.0. The lowest BCUT2D eigenvalue weighted by Crippen LogP contribution is -2.33. The van der Waals surface area contributed by atoms with E-state index in [4.69, 9.17) is 4.74 Å². The summed E-state index contributed by atoms with van der Waals surface area (Å²) in [5.74, 6) is 0. The monoisotopic (exact) mass is 270 g/mol. The van der Waals surface area contributed by atoms with Crippen LogP contribution in [-0.4, -0.2) is 18.8 Å². The van der Waals surface area contributed by atoms with Crippen molar-refractivity contribution >= 4 is 0 Å². The van der Waals surface area contributed by atoms with E-state index in [1.54, 1.807) is 7.11 Å². The molecule has 0 bridgehead atoms. The molecule has 20 heavy (non-hydrogen) atoms. The number of hydrogen-bond acceptors (Lipinski definition) is 2. The predicted octanol–water partition coefficient (Wildman–Crippen LogP) is 3.38. The fourth-order valence-electron chi connectivity index (χ4n) is 2.73. The highest BCUT2D eigenvalue weighted by atomic mass is 16.5. The van der Waals surface area contributed by atoms with Crippen molar-refractivity contribution in [2.24, 2.45) is 0 Å². The number of benzene rings is 2. The van der Waals surface area contributed by atoms with Crippen LogP contribution in [-0.2, 0) is 16.8 Å². The maximum absolute atomic E-state index is 11.0. The molecule has 0 aliphatic rings. The van der Waals surface area contributed by atoms with E-state index in [-0.39, 0.29) is 6.61 Å². The van der Waals surface area contributed by atoms with Crippen LogP contribution < -0.4 is 0 Å². The summed E-state index contributed by atoms with van der Waals surface area (Å²) in [4.78, 5) is 0. The second-order valence-corrected chi connectivity index (χ2v) is 5.50. The highest BCUT2D eigenvalue weighted by molar-refractivity contribution is 5.32. The van der Waals surface area contributed by atoms with E-state index in [0.717, 1.165) is 11.1 Å². The minimum absolute atomic E-state index is 0.282.